The maximum absolute atomic E-state index is 12.1. The van der Waals surface area contributed by atoms with E-state index in [0.717, 1.165) is 5.75 Å². The lowest BCUT2D eigenvalue weighted by Crippen LogP contribution is -2.06. The minimum atomic E-state index is -0.0771. The Kier molecular flexibility index (Phi) is 3.87. The van der Waals surface area contributed by atoms with Crippen LogP contribution in [0, 0.1) is 0 Å². The smallest absolute Gasteiger partial charge is 0.197 e. The van der Waals surface area contributed by atoms with E-state index in [1.165, 1.54) is 6.26 Å². The largest absolute Gasteiger partial charge is 0.491 e. The average Bonchev–Trinajstić information content (AvgIpc) is 2.75. The fourth-order valence-electron chi connectivity index (χ4n) is 1.57. The van der Waals surface area contributed by atoms with E-state index in [9.17, 15) is 4.79 Å². The lowest BCUT2D eigenvalue weighted by atomic mass is 10.1. The van der Waals surface area contributed by atoms with Crippen molar-refractivity contribution in [2.24, 2.45) is 0 Å². The van der Waals surface area contributed by atoms with Crippen LogP contribution in [0.2, 0.25) is 0 Å². The summed E-state index contributed by atoms with van der Waals surface area (Å²) >= 11 is 3.20. The first-order valence-corrected chi connectivity index (χ1v) is 6.41. The lowest BCUT2D eigenvalue weighted by molar-refractivity contribution is 0.103. The van der Waals surface area contributed by atoms with E-state index in [4.69, 9.17) is 9.15 Å². The molecule has 4 heteroatoms. The van der Waals surface area contributed by atoms with Gasteiger partial charge in [0, 0.05) is 5.56 Å². The van der Waals surface area contributed by atoms with Crippen LogP contribution in [0.25, 0.3) is 0 Å². The fraction of sp³-hybridized carbons (Fsp3) is 0.214. The maximum Gasteiger partial charge on any atom is 0.197 e. The van der Waals surface area contributed by atoms with Gasteiger partial charge in [-0.25, -0.2) is 0 Å². The lowest BCUT2D eigenvalue weighted by Gasteiger charge is -2.09. The minimum Gasteiger partial charge on any atom is -0.491 e. The van der Waals surface area contributed by atoms with Crippen molar-refractivity contribution in [3.05, 3.63) is 52.4 Å². The predicted octanol–water partition coefficient (Wildman–Crippen LogP) is 4.06. The Balaban J connectivity index is 2.20. The zero-order valence-corrected chi connectivity index (χ0v) is 11.7. The highest BCUT2D eigenvalue weighted by molar-refractivity contribution is 9.10. The van der Waals surface area contributed by atoms with Crippen molar-refractivity contribution in [1.82, 2.24) is 0 Å². The van der Waals surface area contributed by atoms with Crippen molar-refractivity contribution in [2.45, 2.75) is 20.0 Å². The Bertz CT molecular complexity index is 540. The van der Waals surface area contributed by atoms with Crippen molar-refractivity contribution >= 4 is 21.7 Å². The van der Waals surface area contributed by atoms with E-state index in [2.05, 4.69) is 15.9 Å². The van der Waals surface area contributed by atoms with E-state index in [1.54, 1.807) is 30.3 Å². The molecule has 18 heavy (non-hydrogen) atoms. The van der Waals surface area contributed by atoms with E-state index in [0.29, 0.717) is 15.8 Å². The second-order valence-corrected chi connectivity index (χ2v) is 4.85. The summed E-state index contributed by atoms with van der Waals surface area (Å²) in [5.41, 5.74) is 1.13. The number of rotatable bonds is 4. The van der Waals surface area contributed by atoms with Crippen LogP contribution in [0.3, 0.4) is 0 Å². The highest BCUT2D eigenvalue weighted by Gasteiger charge is 2.14. The molecule has 0 aliphatic heterocycles. The number of halogens is 1. The van der Waals surface area contributed by atoms with E-state index >= 15 is 0 Å². The Labute approximate surface area is 114 Å². The van der Waals surface area contributed by atoms with Crippen LogP contribution in [0.4, 0.5) is 0 Å². The van der Waals surface area contributed by atoms with Gasteiger partial charge in [0.05, 0.1) is 17.9 Å². The average molecular weight is 309 g/mol. The molecule has 0 fully saturated rings. The van der Waals surface area contributed by atoms with Crippen LogP contribution in [-0.4, -0.2) is 11.9 Å². The molecule has 94 valence electrons. The molecule has 0 amide bonds. The van der Waals surface area contributed by atoms with E-state index in [1.807, 2.05) is 13.8 Å². The number of ketones is 1. The number of hydrogen-bond acceptors (Lipinski definition) is 3. The highest BCUT2D eigenvalue weighted by atomic mass is 79.9. The molecule has 0 N–H and O–H groups in total. The molecule has 0 atom stereocenters. The molecule has 2 rings (SSSR count). The molecule has 1 aromatic heterocycles. The van der Waals surface area contributed by atoms with Crippen molar-refractivity contribution in [2.75, 3.05) is 0 Å². The Hall–Kier alpha value is -1.55. The first kappa shape index (κ1) is 12.9. The molecule has 0 radical (unpaired) electrons. The molecule has 0 aliphatic rings. The zero-order valence-electron chi connectivity index (χ0n) is 10.1. The number of benzene rings is 1. The topological polar surface area (TPSA) is 39.4 Å². The molecule has 0 unspecified atom stereocenters. The maximum atomic E-state index is 12.1. The van der Waals surface area contributed by atoms with Gasteiger partial charge in [-0.2, -0.15) is 0 Å². The fourth-order valence-corrected chi connectivity index (χ4v) is 1.99. The summed E-state index contributed by atoms with van der Waals surface area (Å²) in [5.74, 6) is 0.680. The third-order valence-corrected chi connectivity index (χ3v) is 2.96. The summed E-state index contributed by atoms with van der Waals surface area (Å²) < 4.78 is 11.0. The first-order valence-electron chi connectivity index (χ1n) is 5.62. The normalized spacial score (nSPS) is 10.7. The molecule has 3 nitrogen and oxygen atoms in total. The second kappa shape index (κ2) is 5.40. The molecule has 0 saturated heterocycles. The second-order valence-electron chi connectivity index (χ2n) is 4.13. The van der Waals surface area contributed by atoms with Gasteiger partial charge < -0.3 is 9.15 Å². The Morgan fingerprint density at radius 1 is 1.22 bits per heavy atom. The highest BCUT2D eigenvalue weighted by Crippen LogP contribution is 2.22. The van der Waals surface area contributed by atoms with Crippen LogP contribution in [-0.2, 0) is 0 Å². The number of hydrogen-bond donors (Lipinski definition) is 0. The Morgan fingerprint density at radius 2 is 1.89 bits per heavy atom. The summed E-state index contributed by atoms with van der Waals surface area (Å²) in [4.78, 5) is 12.1. The van der Waals surface area contributed by atoms with Gasteiger partial charge >= 0.3 is 0 Å². The van der Waals surface area contributed by atoms with Gasteiger partial charge in [-0.15, -0.1) is 0 Å². The van der Waals surface area contributed by atoms with Crippen molar-refractivity contribution in [3.8, 4) is 5.75 Å². The standard InChI is InChI=1S/C14H13BrO3/c1-9(2)18-11-5-3-10(4-6-11)13(16)12-7-8-17-14(12)15/h3-9H,1-2H3. The van der Waals surface area contributed by atoms with Gasteiger partial charge in [0.15, 0.2) is 10.5 Å². The molecule has 0 aliphatic carbocycles. The number of ether oxygens (including phenoxy) is 1. The summed E-state index contributed by atoms with van der Waals surface area (Å²) in [6.45, 7) is 3.92. The molecule has 0 bridgehead atoms. The quantitative estimate of drug-likeness (QED) is 0.800. The molecule has 1 aromatic carbocycles. The molecular formula is C14H13BrO3. The summed E-state index contributed by atoms with van der Waals surface area (Å²) in [6.07, 6.45) is 1.60. The van der Waals surface area contributed by atoms with Gasteiger partial charge in [-0.3, -0.25) is 4.79 Å². The molecule has 0 saturated carbocycles. The van der Waals surface area contributed by atoms with Crippen LogP contribution >= 0.6 is 15.9 Å². The van der Waals surface area contributed by atoms with Crippen LogP contribution in [0.1, 0.15) is 29.8 Å². The van der Waals surface area contributed by atoms with Gasteiger partial charge in [0.1, 0.15) is 5.75 Å². The molecular weight excluding hydrogens is 296 g/mol. The third kappa shape index (κ3) is 2.82. The number of carbonyl (C=O) groups excluding carboxylic acids is 1. The van der Waals surface area contributed by atoms with Gasteiger partial charge in [-0.05, 0) is 60.1 Å². The van der Waals surface area contributed by atoms with Crippen molar-refractivity contribution in [3.63, 3.8) is 0 Å². The van der Waals surface area contributed by atoms with E-state index in [-0.39, 0.29) is 11.9 Å². The summed E-state index contributed by atoms with van der Waals surface area (Å²) in [6, 6.07) is 8.73. The molecule has 1 heterocycles. The predicted molar refractivity (Wildman–Crippen MR) is 72.0 cm³/mol. The van der Waals surface area contributed by atoms with Crippen molar-refractivity contribution < 1.29 is 13.9 Å². The van der Waals surface area contributed by atoms with Gasteiger partial charge in [-0.1, -0.05) is 0 Å². The first-order chi connectivity index (χ1) is 8.58. The molecule has 0 spiro atoms. The SMILES string of the molecule is CC(C)Oc1ccc(C(=O)c2ccoc2Br)cc1. The number of furan rings is 1. The van der Waals surface area contributed by atoms with Crippen LogP contribution < -0.4 is 4.74 Å². The van der Waals surface area contributed by atoms with Crippen LogP contribution in [0.5, 0.6) is 5.75 Å². The summed E-state index contributed by atoms with van der Waals surface area (Å²) in [5, 5.41) is 0. The monoisotopic (exact) mass is 308 g/mol. The Morgan fingerprint density at radius 3 is 2.39 bits per heavy atom. The van der Waals surface area contributed by atoms with Crippen molar-refractivity contribution in [1.29, 1.82) is 0 Å². The number of carbonyl (C=O) groups is 1. The zero-order chi connectivity index (χ0) is 13.1. The minimum absolute atomic E-state index is 0.0771. The summed E-state index contributed by atoms with van der Waals surface area (Å²) in [7, 11) is 0. The van der Waals surface area contributed by atoms with E-state index < -0.39 is 0 Å². The third-order valence-electron chi connectivity index (χ3n) is 2.35. The molecule has 2 aromatic rings. The van der Waals surface area contributed by atoms with Gasteiger partial charge in [0.2, 0.25) is 0 Å². The van der Waals surface area contributed by atoms with Gasteiger partial charge in [0.25, 0.3) is 0 Å². The van der Waals surface area contributed by atoms with Crippen LogP contribution in [0.15, 0.2) is 45.7 Å².